The summed E-state index contributed by atoms with van der Waals surface area (Å²) in [4.78, 5) is 11.9. The van der Waals surface area contributed by atoms with Crippen LogP contribution in [0.1, 0.15) is 50.4 Å². The van der Waals surface area contributed by atoms with E-state index in [0.29, 0.717) is 0 Å². The van der Waals surface area contributed by atoms with E-state index in [1.807, 2.05) is 27.7 Å². The Balaban J connectivity index is 2.87. The second-order valence-corrected chi connectivity index (χ2v) is 5.81. The Labute approximate surface area is 104 Å². The Morgan fingerprint density at radius 3 is 2.35 bits per heavy atom. The van der Waals surface area contributed by atoms with Gasteiger partial charge in [0.1, 0.15) is 0 Å². The third-order valence-electron chi connectivity index (χ3n) is 2.93. The highest BCUT2D eigenvalue weighted by molar-refractivity contribution is 5.81. The first-order valence-electron chi connectivity index (χ1n) is 6.10. The van der Waals surface area contributed by atoms with Gasteiger partial charge < -0.3 is 5.32 Å². The van der Waals surface area contributed by atoms with Crippen molar-refractivity contribution in [2.75, 3.05) is 0 Å². The van der Waals surface area contributed by atoms with Gasteiger partial charge in [0.2, 0.25) is 5.91 Å². The summed E-state index contributed by atoms with van der Waals surface area (Å²) in [6.07, 6.45) is 0. The monoisotopic (exact) mass is 233 g/mol. The SMILES string of the molecule is Cc1ccc(C)c([C@@H](C)NC(=O)C(C)(C)C)c1. The van der Waals surface area contributed by atoms with Crippen molar-refractivity contribution in [3.05, 3.63) is 34.9 Å². The molecule has 0 aliphatic heterocycles. The van der Waals surface area contributed by atoms with Gasteiger partial charge in [0.05, 0.1) is 6.04 Å². The maximum atomic E-state index is 11.9. The van der Waals surface area contributed by atoms with E-state index in [1.54, 1.807) is 0 Å². The Morgan fingerprint density at radius 2 is 1.82 bits per heavy atom. The first kappa shape index (κ1) is 13.8. The number of hydrogen-bond acceptors (Lipinski definition) is 1. The number of nitrogens with one attached hydrogen (secondary N) is 1. The van der Waals surface area contributed by atoms with E-state index in [0.717, 1.165) is 0 Å². The van der Waals surface area contributed by atoms with Gasteiger partial charge in [-0.2, -0.15) is 0 Å². The molecule has 0 heterocycles. The topological polar surface area (TPSA) is 29.1 Å². The molecule has 2 nitrogen and oxygen atoms in total. The molecule has 1 atom stereocenters. The molecule has 0 aliphatic carbocycles. The molecule has 0 bridgehead atoms. The number of benzene rings is 1. The van der Waals surface area contributed by atoms with E-state index >= 15 is 0 Å². The van der Waals surface area contributed by atoms with Crippen molar-refractivity contribution in [1.82, 2.24) is 5.32 Å². The lowest BCUT2D eigenvalue weighted by Crippen LogP contribution is -2.36. The number of amides is 1. The molecule has 0 fully saturated rings. The molecule has 0 saturated heterocycles. The van der Waals surface area contributed by atoms with Gasteiger partial charge in [0, 0.05) is 5.41 Å². The zero-order valence-corrected chi connectivity index (χ0v) is 11.7. The summed E-state index contributed by atoms with van der Waals surface area (Å²) in [5.74, 6) is 0.0888. The summed E-state index contributed by atoms with van der Waals surface area (Å²) in [7, 11) is 0. The Morgan fingerprint density at radius 1 is 1.24 bits per heavy atom. The molecule has 0 unspecified atom stereocenters. The minimum absolute atomic E-state index is 0.0571. The third-order valence-corrected chi connectivity index (χ3v) is 2.93. The van der Waals surface area contributed by atoms with Crippen LogP contribution in [0.2, 0.25) is 0 Å². The van der Waals surface area contributed by atoms with Crippen LogP contribution in [0.5, 0.6) is 0 Å². The molecule has 0 aliphatic rings. The zero-order valence-electron chi connectivity index (χ0n) is 11.7. The predicted octanol–water partition coefficient (Wildman–Crippen LogP) is 3.53. The Bertz CT molecular complexity index is 415. The molecule has 94 valence electrons. The fourth-order valence-corrected chi connectivity index (χ4v) is 1.72. The van der Waals surface area contributed by atoms with E-state index in [2.05, 4.69) is 37.4 Å². The van der Waals surface area contributed by atoms with Gasteiger partial charge in [-0.3, -0.25) is 4.79 Å². The van der Waals surface area contributed by atoms with Gasteiger partial charge in [-0.25, -0.2) is 0 Å². The molecular weight excluding hydrogens is 210 g/mol. The lowest BCUT2D eigenvalue weighted by Gasteiger charge is -2.23. The Hall–Kier alpha value is -1.31. The molecule has 0 radical (unpaired) electrons. The lowest BCUT2D eigenvalue weighted by molar-refractivity contribution is -0.129. The number of carbonyl (C=O) groups is 1. The second-order valence-electron chi connectivity index (χ2n) is 5.81. The van der Waals surface area contributed by atoms with Crippen molar-refractivity contribution >= 4 is 5.91 Å². The van der Waals surface area contributed by atoms with Crippen LogP contribution in [0.15, 0.2) is 18.2 Å². The van der Waals surface area contributed by atoms with Crippen LogP contribution in [0.4, 0.5) is 0 Å². The second kappa shape index (κ2) is 4.91. The standard InChI is InChI=1S/C15H23NO/c1-10-7-8-11(2)13(9-10)12(3)16-14(17)15(4,5)6/h7-9,12H,1-6H3,(H,16,17)/t12-/m1/s1. The fourth-order valence-electron chi connectivity index (χ4n) is 1.72. The number of aryl methyl sites for hydroxylation is 2. The van der Waals surface area contributed by atoms with Crippen molar-refractivity contribution in [3.63, 3.8) is 0 Å². The molecule has 0 saturated carbocycles. The van der Waals surface area contributed by atoms with Gasteiger partial charge >= 0.3 is 0 Å². The van der Waals surface area contributed by atoms with Crippen molar-refractivity contribution in [2.45, 2.75) is 47.6 Å². The van der Waals surface area contributed by atoms with Crippen molar-refractivity contribution < 1.29 is 4.79 Å². The molecule has 1 amide bonds. The summed E-state index contributed by atoms with van der Waals surface area (Å²) < 4.78 is 0. The summed E-state index contributed by atoms with van der Waals surface area (Å²) in [6.45, 7) is 12.0. The van der Waals surface area contributed by atoms with E-state index in [9.17, 15) is 4.79 Å². The molecule has 17 heavy (non-hydrogen) atoms. The van der Waals surface area contributed by atoms with Crippen LogP contribution in [0.25, 0.3) is 0 Å². The van der Waals surface area contributed by atoms with E-state index in [1.165, 1.54) is 16.7 Å². The zero-order chi connectivity index (χ0) is 13.2. The van der Waals surface area contributed by atoms with Crippen LogP contribution in [-0.2, 0) is 4.79 Å². The maximum absolute atomic E-state index is 11.9. The number of carbonyl (C=O) groups excluding carboxylic acids is 1. The third kappa shape index (κ3) is 3.58. The quantitative estimate of drug-likeness (QED) is 0.832. The summed E-state index contributed by atoms with van der Waals surface area (Å²) in [6, 6.07) is 6.39. The summed E-state index contributed by atoms with van der Waals surface area (Å²) >= 11 is 0. The van der Waals surface area contributed by atoms with Crippen LogP contribution in [-0.4, -0.2) is 5.91 Å². The predicted molar refractivity (Wildman–Crippen MR) is 71.9 cm³/mol. The molecule has 1 aromatic rings. The van der Waals surface area contributed by atoms with Gasteiger partial charge in [0.15, 0.2) is 0 Å². The van der Waals surface area contributed by atoms with Gasteiger partial charge in [0.25, 0.3) is 0 Å². The molecule has 1 aromatic carbocycles. The summed E-state index contributed by atoms with van der Waals surface area (Å²) in [5, 5.41) is 3.07. The Kier molecular flexibility index (Phi) is 3.97. The van der Waals surface area contributed by atoms with Crippen LogP contribution >= 0.6 is 0 Å². The minimum Gasteiger partial charge on any atom is -0.349 e. The normalized spacial score (nSPS) is 13.3. The average Bonchev–Trinajstić information content (AvgIpc) is 2.20. The number of hydrogen-bond donors (Lipinski definition) is 1. The van der Waals surface area contributed by atoms with Crippen LogP contribution in [0, 0.1) is 19.3 Å². The minimum atomic E-state index is -0.341. The van der Waals surface area contributed by atoms with Crippen molar-refractivity contribution in [3.8, 4) is 0 Å². The largest absolute Gasteiger partial charge is 0.349 e. The molecule has 1 N–H and O–H groups in total. The summed E-state index contributed by atoms with van der Waals surface area (Å²) in [5.41, 5.74) is 3.30. The molecule has 0 aromatic heterocycles. The maximum Gasteiger partial charge on any atom is 0.225 e. The highest BCUT2D eigenvalue weighted by atomic mass is 16.2. The van der Waals surface area contributed by atoms with E-state index in [4.69, 9.17) is 0 Å². The molecule has 2 heteroatoms. The molecule has 0 spiro atoms. The average molecular weight is 233 g/mol. The van der Waals surface area contributed by atoms with E-state index < -0.39 is 0 Å². The van der Waals surface area contributed by atoms with Gasteiger partial charge in [-0.15, -0.1) is 0 Å². The van der Waals surface area contributed by atoms with Crippen LogP contribution in [0.3, 0.4) is 0 Å². The lowest BCUT2D eigenvalue weighted by atomic mass is 9.94. The highest BCUT2D eigenvalue weighted by Gasteiger charge is 2.23. The van der Waals surface area contributed by atoms with Gasteiger partial charge in [-0.05, 0) is 31.9 Å². The smallest absolute Gasteiger partial charge is 0.225 e. The van der Waals surface area contributed by atoms with Gasteiger partial charge in [-0.1, -0.05) is 44.5 Å². The number of rotatable bonds is 2. The molecule has 1 rings (SSSR count). The first-order valence-corrected chi connectivity index (χ1v) is 6.10. The van der Waals surface area contributed by atoms with E-state index in [-0.39, 0.29) is 17.4 Å². The van der Waals surface area contributed by atoms with Crippen molar-refractivity contribution in [1.29, 1.82) is 0 Å². The fraction of sp³-hybridized carbons (Fsp3) is 0.533. The highest BCUT2D eigenvalue weighted by Crippen LogP contribution is 2.21. The molecular formula is C15H23NO. The van der Waals surface area contributed by atoms with Crippen LogP contribution < -0.4 is 5.32 Å². The van der Waals surface area contributed by atoms with Crippen molar-refractivity contribution in [2.24, 2.45) is 5.41 Å². The first-order chi connectivity index (χ1) is 7.71.